The second kappa shape index (κ2) is 88.7. The van der Waals surface area contributed by atoms with Crippen molar-refractivity contribution in [2.45, 2.75) is 20.0 Å². The van der Waals surface area contributed by atoms with Gasteiger partial charge in [0.25, 0.3) is 0 Å². The quantitative estimate of drug-likeness (QED) is 0.518. The van der Waals surface area contributed by atoms with Crippen LogP contribution in [0.2, 0.25) is 0 Å². The highest BCUT2D eigenvalue weighted by Crippen LogP contribution is 1.65. The zero-order valence-corrected chi connectivity index (χ0v) is 7.27. The smallest absolute Gasteiger partial charge is 0.0483 e. The fraction of sp³-hybridized carbons (Fsp3) is 0.333. The van der Waals surface area contributed by atoms with Crippen LogP contribution in [0.5, 0.6) is 0 Å². The zero-order chi connectivity index (χ0) is 9.58. The highest BCUT2D eigenvalue weighted by Gasteiger charge is 1.69. The second-order valence-corrected chi connectivity index (χ2v) is 1.09. The van der Waals surface area contributed by atoms with Gasteiger partial charge in [0.2, 0.25) is 0 Å². The molecule has 0 saturated carbocycles. The Morgan fingerprint density at radius 2 is 0.800 bits per heavy atom. The lowest BCUT2D eigenvalue weighted by Gasteiger charge is -1.80. The highest BCUT2D eigenvalue weighted by atomic mass is 16.3. The maximum Gasteiger partial charge on any atom is 0.0483 e. The van der Waals surface area contributed by atoms with E-state index in [4.69, 9.17) is 5.11 Å². The standard InChI is InChI=1S/C3H8O.3C2H4/c1-3(2)4;3*1-2/h3-4H,1-2H3;3*1-2H2. The monoisotopic (exact) mass is 144 g/mol. The fourth-order valence-corrected chi connectivity index (χ4v) is 0. The van der Waals surface area contributed by atoms with E-state index in [2.05, 4.69) is 39.5 Å². The number of rotatable bonds is 0. The van der Waals surface area contributed by atoms with E-state index in [1.165, 1.54) is 0 Å². The van der Waals surface area contributed by atoms with Crippen molar-refractivity contribution in [3.8, 4) is 0 Å². The number of aliphatic hydroxyl groups excluding tert-OH is 1. The molecule has 0 unspecified atom stereocenters. The van der Waals surface area contributed by atoms with E-state index in [1.807, 2.05) is 0 Å². The molecule has 0 bridgehead atoms. The van der Waals surface area contributed by atoms with Gasteiger partial charge in [-0.3, -0.25) is 0 Å². The lowest BCUT2D eigenvalue weighted by atomic mass is 10.5. The van der Waals surface area contributed by atoms with Crippen molar-refractivity contribution < 1.29 is 5.11 Å². The van der Waals surface area contributed by atoms with Crippen molar-refractivity contribution in [1.82, 2.24) is 0 Å². The Labute approximate surface area is 65.4 Å². The van der Waals surface area contributed by atoms with Gasteiger partial charge in [-0.15, -0.1) is 39.5 Å². The SMILES string of the molecule is C=C.C=C.C=C.CC(C)O. The predicted octanol–water partition coefficient (Wildman–Crippen LogP) is 2.79. The molecule has 0 aromatic rings. The van der Waals surface area contributed by atoms with E-state index < -0.39 is 0 Å². The predicted molar refractivity (Wildman–Crippen MR) is 51.1 cm³/mol. The first-order valence-corrected chi connectivity index (χ1v) is 2.91. The molecule has 0 atom stereocenters. The first kappa shape index (κ1) is 22.9. The maximum atomic E-state index is 8.06. The summed E-state index contributed by atoms with van der Waals surface area (Å²) in [5, 5.41) is 8.06. The van der Waals surface area contributed by atoms with Crippen LogP contribution in [-0.4, -0.2) is 11.2 Å². The molecule has 0 saturated heterocycles. The minimum Gasteiger partial charge on any atom is -0.394 e. The van der Waals surface area contributed by atoms with Gasteiger partial charge in [-0.2, -0.15) is 0 Å². The molecular formula is C9H20O. The summed E-state index contributed by atoms with van der Waals surface area (Å²) in [6.45, 7) is 21.4. The Morgan fingerprint density at radius 3 is 0.800 bits per heavy atom. The van der Waals surface area contributed by atoms with Crippen molar-refractivity contribution in [2.24, 2.45) is 0 Å². The average Bonchev–Trinajstić information content (AvgIpc) is 1.98. The van der Waals surface area contributed by atoms with Crippen LogP contribution in [0, 0.1) is 0 Å². The molecule has 0 aromatic heterocycles. The lowest BCUT2D eigenvalue weighted by Crippen LogP contribution is -1.85. The summed E-state index contributed by atoms with van der Waals surface area (Å²) in [6, 6.07) is 0. The molecule has 0 aliphatic heterocycles. The summed E-state index contributed by atoms with van der Waals surface area (Å²) in [4.78, 5) is 0. The minimum atomic E-state index is -0.167. The van der Waals surface area contributed by atoms with Crippen LogP contribution in [0.25, 0.3) is 0 Å². The molecule has 0 heterocycles. The van der Waals surface area contributed by atoms with Gasteiger partial charge >= 0.3 is 0 Å². The first-order valence-electron chi connectivity index (χ1n) is 2.91. The van der Waals surface area contributed by atoms with Gasteiger partial charge in [-0.05, 0) is 13.8 Å². The Bertz CT molecular complexity index is 26.2. The lowest BCUT2D eigenvalue weighted by molar-refractivity contribution is 0.216. The van der Waals surface area contributed by atoms with Crippen LogP contribution >= 0.6 is 0 Å². The summed E-state index contributed by atoms with van der Waals surface area (Å²) in [6.07, 6.45) is -0.167. The molecule has 0 fully saturated rings. The molecule has 0 radical (unpaired) electrons. The molecule has 0 aliphatic carbocycles. The van der Waals surface area contributed by atoms with Crippen molar-refractivity contribution in [1.29, 1.82) is 0 Å². The van der Waals surface area contributed by atoms with Gasteiger partial charge in [0.05, 0.1) is 0 Å². The van der Waals surface area contributed by atoms with E-state index in [9.17, 15) is 0 Å². The molecule has 0 aliphatic rings. The summed E-state index contributed by atoms with van der Waals surface area (Å²) in [7, 11) is 0. The average molecular weight is 144 g/mol. The highest BCUT2D eigenvalue weighted by molar-refractivity contribution is 4.23. The maximum absolute atomic E-state index is 8.06. The van der Waals surface area contributed by atoms with Crippen LogP contribution in [0.4, 0.5) is 0 Å². The van der Waals surface area contributed by atoms with Crippen LogP contribution < -0.4 is 0 Å². The van der Waals surface area contributed by atoms with Crippen molar-refractivity contribution in [3.05, 3.63) is 39.5 Å². The Hall–Kier alpha value is -0.820. The van der Waals surface area contributed by atoms with E-state index in [1.54, 1.807) is 13.8 Å². The van der Waals surface area contributed by atoms with Crippen LogP contribution in [-0.2, 0) is 0 Å². The number of hydrogen-bond acceptors (Lipinski definition) is 1. The third-order valence-corrected chi connectivity index (χ3v) is 0. The van der Waals surface area contributed by atoms with Gasteiger partial charge in [0, 0.05) is 6.10 Å². The van der Waals surface area contributed by atoms with Gasteiger partial charge in [-0.1, -0.05) is 0 Å². The molecule has 10 heavy (non-hydrogen) atoms. The van der Waals surface area contributed by atoms with Crippen molar-refractivity contribution >= 4 is 0 Å². The largest absolute Gasteiger partial charge is 0.394 e. The van der Waals surface area contributed by atoms with E-state index >= 15 is 0 Å². The van der Waals surface area contributed by atoms with Crippen LogP contribution in [0.3, 0.4) is 0 Å². The topological polar surface area (TPSA) is 20.2 Å². The molecule has 1 heteroatoms. The molecule has 1 nitrogen and oxygen atoms in total. The summed E-state index contributed by atoms with van der Waals surface area (Å²) in [5.74, 6) is 0. The van der Waals surface area contributed by atoms with E-state index in [0.717, 1.165) is 0 Å². The third-order valence-electron chi connectivity index (χ3n) is 0. The first-order chi connectivity index (χ1) is 4.73. The van der Waals surface area contributed by atoms with Crippen molar-refractivity contribution in [3.63, 3.8) is 0 Å². The fourth-order valence-electron chi connectivity index (χ4n) is 0. The molecule has 62 valence electrons. The van der Waals surface area contributed by atoms with Crippen LogP contribution in [0.15, 0.2) is 39.5 Å². The number of aliphatic hydroxyl groups is 1. The zero-order valence-electron chi connectivity index (χ0n) is 7.27. The van der Waals surface area contributed by atoms with Gasteiger partial charge in [0.1, 0.15) is 0 Å². The summed E-state index contributed by atoms with van der Waals surface area (Å²) < 4.78 is 0. The van der Waals surface area contributed by atoms with Crippen molar-refractivity contribution in [2.75, 3.05) is 0 Å². The summed E-state index contributed by atoms with van der Waals surface area (Å²) in [5.41, 5.74) is 0. The third kappa shape index (κ3) is 408. The molecule has 0 aromatic carbocycles. The Kier molecular flexibility index (Phi) is 203. The second-order valence-electron chi connectivity index (χ2n) is 1.09. The van der Waals surface area contributed by atoms with Gasteiger partial charge in [-0.25, -0.2) is 0 Å². The normalized spacial score (nSPS) is 4.80. The minimum absolute atomic E-state index is 0.167. The van der Waals surface area contributed by atoms with Gasteiger partial charge < -0.3 is 5.11 Å². The Morgan fingerprint density at radius 1 is 0.800 bits per heavy atom. The van der Waals surface area contributed by atoms with E-state index in [0.29, 0.717) is 0 Å². The summed E-state index contributed by atoms with van der Waals surface area (Å²) >= 11 is 0. The number of hydrogen-bond donors (Lipinski definition) is 1. The Balaban J connectivity index is -0.0000000262. The molecule has 0 spiro atoms. The molecule has 0 amide bonds. The van der Waals surface area contributed by atoms with E-state index in [-0.39, 0.29) is 6.10 Å². The molecule has 1 N–H and O–H groups in total. The van der Waals surface area contributed by atoms with Gasteiger partial charge in [0.15, 0.2) is 0 Å². The molecule has 0 rings (SSSR count). The van der Waals surface area contributed by atoms with Crippen LogP contribution in [0.1, 0.15) is 13.8 Å². The molecular weight excluding hydrogens is 124 g/mol.